The number of carbonyl (C=O) groups is 1. The number of phenols is 1. The Kier molecular flexibility index (Phi) is 3.10. The molecule has 2 aromatic rings. The predicted molar refractivity (Wildman–Crippen MR) is 64.5 cm³/mol. The fraction of sp³-hybridized carbons (Fsp3) is 0.0714. The minimum atomic E-state index is -0.203. The molecular formula is C14H12O3. The van der Waals surface area contributed by atoms with Gasteiger partial charge in [0.05, 0.1) is 12.7 Å². The third-order valence-corrected chi connectivity index (χ3v) is 2.49. The lowest BCUT2D eigenvalue weighted by atomic mass is 10.2. The van der Waals surface area contributed by atoms with Gasteiger partial charge >= 0.3 is 0 Å². The molecule has 2 aromatic carbocycles. The summed E-state index contributed by atoms with van der Waals surface area (Å²) in [5, 5.41) is 9.75. The summed E-state index contributed by atoms with van der Waals surface area (Å²) >= 11 is 0. The molecule has 0 amide bonds. The molecule has 0 aliphatic heterocycles. The topological polar surface area (TPSA) is 46.5 Å². The highest BCUT2D eigenvalue weighted by Gasteiger charge is 2.13. The highest BCUT2D eigenvalue weighted by Crippen LogP contribution is 2.25. The Hall–Kier alpha value is -2.29. The second-order valence-electron chi connectivity index (χ2n) is 3.58. The summed E-state index contributed by atoms with van der Waals surface area (Å²) in [4.78, 5) is 12.1. The highest BCUT2D eigenvalue weighted by molar-refractivity contribution is 6.10. The van der Waals surface area contributed by atoms with Crippen molar-refractivity contribution in [2.24, 2.45) is 0 Å². The van der Waals surface area contributed by atoms with E-state index in [1.165, 1.54) is 13.2 Å². The monoisotopic (exact) mass is 240 g/mol. The van der Waals surface area contributed by atoms with Crippen LogP contribution in [0.15, 0.2) is 48.5 Å². The molecule has 0 saturated heterocycles. The number of ether oxygens (including phenoxy) is 1. The van der Waals surface area contributed by atoms with Crippen molar-refractivity contribution in [1.29, 1.82) is 0 Å². The van der Waals surface area contributed by atoms with E-state index in [4.69, 9.17) is 4.74 Å². The van der Waals surface area contributed by atoms with Crippen LogP contribution < -0.4 is 4.74 Å². The molecule has 17 heavy (non-hydrogen) atoms. The van der Waals surface area contributed by atoms with Gasteiger partial charge in [0.1, 0.15) is 11.5 Å². The second-order valence-corrected chi connectivity index (χ2v) is 3.58. The van der Waals surface area contributed by atoms with Gasteiger partial charge in [-0.25, -0.2) is 0 Å². The molecule has 3 nitrogen and oxygen atoms in total. The van der Waals surface area contributed by atoms with Crippen molar-refractivity contribution in [3.8, 4) is 11.5 Å². The molecule has 0 spiro atoms. The quantitative estimate of drug-likeness (QED) is 0.839. The average Bonchev–Trinajstić information content (AvgIpc) is 2.39. The lowest BCUT2D eigenvalue weighted by molar-refractivity contribution is 0.103. The van der Waals surface area contributed by atoms with E-state index in [0.29, 0.717) is 11.3 Å². The number of benzene rings is 2. The number of hydrogen-bond acceptors (Lipinski definition) is 3. The van der Waals surface area contributed by atoms with Crippen molar-refractivity contribution < 1.29 is 14.6 Å². The van der Waals surface area contributed by atoms with Crippen LogP contribution >= 0.6 is 0 Å². The molecule has 1 N–H and O–H groups in total. The number of ketones is 1. The summed E-state index contributed by atoms with van der Waals surface area (Å²) in [5.41, 5.74) is 0.824. The van der Waals surface area contributed by atoms with E-state index in [-0.39, 0.29) is 17.1 Å². The van der Waals surface area contributed by atoms with Crippen molar-refractivity contribution in [1.82, 2.24) is 0 Å². The van der Waals surface area contributed by atoms with Crippen molar-refractivity contribution in [2.75, 3.05) is 7.11 Å². The molecule has 0 fully saturated rings. The van der Waals surface area contributed by atoms with Gasteiger partial charge in [0, 0.05) is 11.6 Å². The van der Waals surface area contributed by atoms with Crippen LogP contribution in [0.4, 0.5) is 0 Å². The Morgan fingerprint density at radius 2 is 2.00 bits per heavy atom. The molecule has 2 rings (SSSR count). The molecular weight excluding hydrogens is 228 g/mol. The minimum Gasteiger partial charge on any atom is -0.507 e. The zero-order valence-corrected chi connectivity index (χ0v) is 9.38. The first kappa shape index (κ1) is 11.2. The van der Waals surface area contributed by atoms with E-state index in [1.807, 2.05) is 6.07 Å². The Morgan fingerprint density at radius 3 is 2.59 bits per heavy atom. The Morgan fingerprint density at radius 1 is 1.29 bits per heavy atom. The van der Waals surface area contributed by atoms with E-state index in [1.54, 1.807) is 36.4 Å². The van der Waals surface area contributed by atoms with Gasteiger partial charge < -0.3 is 9.84 Å². The second kappa shape index (κ2) is 4.70. The third kappa shape index (κ3) is 2.28. The molecule has 0 heterocycles. The van der Waals surface area contributed by atoms with Crippen LogP contribution in [0.1, 0.15) is 15.9 Å². The molecule has 0 atom stereocenters. The molecule has 0 saturated carbocycles. The summed E-state index contributed by atoms with van der Waals surface area (Å²) < 4.78 is 4.96. The number of carbonyl (C=O) groups excluding carboxylic acids is 1. The first-order valence-electron chi connectivity index (χ1n) is 5.19. The lowest BCUT2D eigenvalue weighted by Gasteiger charge is -2.06. The SMILES string of the molecule is COc1ccc(C(=O)[14c]2[14cH][14cH][14cH][14cH][14cH]2)c(O)c1. The summed E-state index contributed by atoms with van der Waals surface area (Å²) in [6.45, 7) is 0. The fourth-order valence-electron chi connectivity index (χ4n) is 1.58. The smallest absolute Gasteiger partial charge is 0.196 e. The van der Waals surface area contributed by atoms with Gasteiger partial charge in [-0.15, -0.1) is 0 Å². The standard InChI is InChI=1S/C14H12O3/c1-17-11-7-8-12(13(15)9-11)14(16)10-5-3-2-4-6-10/h2-9,15H,1H3/i2+2,3+2,4+2,5+2,6+2,10+2. The lowest BCUT2D eigenvalue weighted by Crippen LogP contribution is -2.01. The average molecular weight is 240 g/mol. The fourth-order valence-corrected chi connectivity index (χ4v) is 1.58. The summed E-state index contributed by atoms with van der Waals surface area (Å²) in [6, 6.07) is 13.5. The van der Waals surface area contributed by atoms with Crippen LogP contribution in [-0.4, -0.2) is 18.0 Å². The first-order chi connectivity index (χ1) is 8.22. The molecule has 0 aliphatic rings. The molecule has 0 radical (unpaired) electrons. The van der Waals surface area contributed by atoms with Gasteiger partial charge in [0.2, 0.25) is 0 Å². The van der Waals surface area contributed by atoms with Crippen LogP contribution in [0.5, 0.6) is 11.5 Å². The zero-order valence-electron chi connectivity index (χ0n) is 9.38. The highest BCUT2D eigenvalue weighted by atomic mass is 16.5. The maximum atomic E-state index is 12.1. The Bertz CT molecular complexity index is 532. The van der Waals surface area contributed by atoms with Crippen molar-refractivity contribution in [3.63, 3.8) is 0 Å². The number of rotatable bonds is 3. The number of aromatic hydroxyl groups is 1. The summed E-state index contributed by atoms with van der Waals surface area (Å²) in [6.07, 6.45) is 0. The van der Waals surface area contributed by atoms with Crippen LogP contribution in [0, 0.1) is 0 Å². The number of hydrogen-bond donors (Lipinski definition) is 1. The van der Waals surface area contributed by atoms with E-state index in [9.17, 15) is 9.90 Å². The van der Waals surface area contributed by atoms with Crippen molar-refractivity contribution >= 4 is 5.78 Å². The molecule has 0 unspecified atom stereocenters. The third-order valence-electron chi connectivity index (χ3n) is 2.49. The van der Waals surface area contributed by atoms with Crippen molar-refractivity contribution in [2.45, 2.75) is 0 Å². The van der Waals surface area contributed by atoms with Crippen LogP contribution in [-0.2, 0) is 0 Å². The summed E-state index contributed by atoms with van der Waals surface area (Å²) in [5.74, 6) is 0.246. The Balaban J connectivity index is 2.38. The maximum Gasteiger partial charge on any atom is 0.196 e. The van der Waals surface area contributed by atoms with Crippen LogP contribution in [0.3, 0.4) is 0 Å². The minimum absolute atomic E-state index is 0.0711. The van der Waals surface area contributed by atoms with Gasteiger partial charge in [-0.05, 0) is 12.1 Å². The summed E-state index contributed by atoms with van der Waals surface area (Å²) in [7, 11) is 1.51. The van der Waals surface area contributed by atoms with Crippen LogP contribution in [0.25, 0.3) is 0 Å². The van der Waals surface area contributed by atoms with Gasteiger partial charge in [-0.3, -0.25) is 4.79 Å². The van der Waals surface area contributed by atoms with Crippen molar-refractivity contribution in [3.05, 3.63) is 59.7 Å². The predicted octanol–water partition coefficient (Wildman–Crippen LogP) is 2.63. The first-order valence-corrected chi connectivity index (χ1v) is 5.19. The van der Waals surface area contributed by atoms with E-state index >= 15 is 0 Å². The normalized spacial score (nSPS) is 9.94. The zero-order chi connectivity index (χ0) is 12.3. The number of methoxy groups -OCH3 is 1. The van der Waals surface area contributed by atoms with Gasteiger partial charge in [0.25, 0.3) is 0 Å². The Labute approximate surface area is 99.3 Å². The molecule has 86 valence electrons. The van der Waals surface area contributed by atoms with E-state index in [2.05, 4.69) is 0 Å². The molecule has 0 aromatic heterocycles. The molecule has 0 bridgehead atoms. The van der Waals surface area contributed by atoms with E-state index in [0.717, 1.165) is 0 Å². The number of phenolic OH excluding ortho intramolecular Hbond substituents is 1. The maximum absolute atomic E-state index is 12.1. The van der Waals surface area contributed by atoms with Gasteiger partial charge in [0.15, 0.2) is 5.78 Å². The van der Waals surface area contributed by atoms with Crippen LogP contribution in [0.2, 0.25) is 0 Å². The molecule has 0 aliphatic carbocycles. The van der Waals surface area contributed by atoms with Gasteiger partial charge in [-0.2, -0.15) is 0 Å². The molecule has 3 heteroatoms. The largest absolute Gasteiger partial charge is 0.507 e. The van der Waals surface area contributed by atoms with E-state index < -0.39 is 0 Å². The van der Waals surface area contributed by atoms with Gasteiger partial charge in [-0.1, -0.05) is 30.3 Å².